The molecule has 2 atom stereocenters. The van der Waals surface area contributed by atoms with Crippen molar-refractivity contribution in [2.45, 2.75) is 19.1 Å². The van der Waals surface area contributed by atoms with Crippen LogP contribution < -0.4 is 14.8 Å². The van der Waals surface area contributed by atoms with E-state index in [2.05, 4.69) is 36.5 Å². The minimum Gasteiger partial charge on any atom is -0.486 e. The Morgan fingerprint density at radius 2 is 1.75 bits per heavy atom. The van der Waals surface area contributed by atoms with Gasteiger partial charge >= 0.3 is 0 Å². The first kappa shape index (κ1) is 13.0. The number of hydrogen-bond donors (Lipinski definition) is 1. The van der Waals surface area contributed by atoms with Gasteiger partial charge in [0.1, 0.15) is 12.7 Å². The lowest BCUT2D eigenvalue weighted by molar-refractivity contribution is 0.0886. The predicted octanol–water partition coefficient (Wildman–Crippen LogP) is 3.18. The molecule has 2 aromatic rings. The van der Waals surface area contributed by atoms with E-state index < -0.39 is 0 Å². The van der Waals surface area contributed by atoms with Crippen LogP contribution in [-0.4, -0.2) is 19.3 Å². The topological polar surface area (TPSA) is 30.5 Å². The van der Waals surface area contributed by atoms with Gasteiger partial charge in [0.15, 0.2) is 11.5 Å². The first-order chi connectivity index (χ1) is 9.83. The Balaban J connectivity index is 1.55. The smallest absolute Gasteiger partial charge is 0.161 e. The van der Waals surface area contributed by atoms with Gasteiger partial charge in [0.25, 0.3) is 0 Å². The molecule has 0 fully saturated rings. The van der Waals surface area contributed by atoms with Crippen LogP contribution in [0.3, 0.4) is 0 Å². The van der Waals surface area contributed by atoms with Gasteiger partial charge in [0, 0.05) is 12.6 Å². The Kier molecular flexibility index (Phi) is 3.88. The summed E-state index contributed by atoms with van der Waals surface area (Å²) in [5.74, 6) is 1.66. The average Bonchev–Trinajstić information content (AvgIpc) is 2.53. The SMILES string of the molecule is CC(NCC1COc2ccccc2O1)c1ccccc1. The molecular formula is C17H19NO2. The summed E-state index contributed by atoms with van der Waals surface area (Å²) in [6.45, 7) is 3.52. The van der Waals surface area contributed by atoms with E-state index in [1.165, 1.54) is 5.56 Å². The molecule has 3 heteroatoms. The number of fused-ring (bicyclic) bond motifs is 1. The second-order valence-corrected chi connectivity index (χ2v) is 5.04. The Morgan fingerprint density at radius 1 is 1.05 bits per heavy atom. The van der Waals surface area contributed by atoms with Crippen LogP contribution >= 0.6 is 0 Å². The third-order valence-corrected chi connectivity index (χ3v) is 3.52. The van der Waals surface area contributed by atoms with Crippen LogP contribution in [-0.2, 0) is 0 Å². The minimum absolute atomic E-state index is 0.0519. The summed E-state index contributed by atoms with van der Waals surface area (Å²) in [6, 6.07) is 18.5. The molecule has 3 rings (SSSR count). The van der Waals surface area contributed by atoms with Gasteiger partial charge in [0.2, 0.25) is 0 Å². The maximum Gasteiger partial charge on any atom is 0.161 e. The summed E-state index contributed by atoms with van der Waals surface area (Å²) in [5.41, 5.74) is 1.28. The normalized spacial score (nSPS) is 18.6. The van der Waals surface area contributed by atoms with Crippen LogP contribution in [0.2, 0.25) is 0 Å². The van der Waals surface area contributed by atoms with Crippen LogP contribution in [0.5, 0.6) is 11.5 Å². The molecule has 3 nitrogen and oxygen atoms in total. The van der Waals surface area contributed by atoms with E-state index in [4.69, 9.17) is 9.47 Å². The third-order valence-electron chi connectivity index (χ3n) is 3.52. The monoisotopic (exact) mass is 269 g/mol. The van der Waals surface area contributed by atoms with Gasteiger partial charge in [0.05, 0.1) is 0 Å². The first-order valence-corrected chi connectivity index (χ1v) is 7.00. The lowest BCUT2D eigenvalue weighted by Gasteiger charge is -2.27. The van der Waals surface area contributed by atoms with E-state index in [1.807, 2.05) is 30.3 Å². The highest BCUT2D eigenvalue weighted by Gasteiger charge is 2.20. The molecule has 104 valence electrons. The van der Waals surface area contributed by atoms with Crippen LogP contribution in [0.4, 0.5) is 0 Å². The number of para-hydroxylation sites is 2. The van der Waals surface area contributed by atoms with Crippen molar-refractivity contribution in [1.29, 1.82) is 0 Å². The highest BCUT2D eigenvalue weighted by atomic mass is 16.6. The van der Waals surface area contributed by atoms with Gasteiger partial charge in [-0.2, -0.15) is 0 Å². The van der Waals surface area contributed by atoms with Crippen molar-refractivity contribution in [1.82, 2.24) is 5.32 Å². The Labute approximate surface area is 119 Å². The van der Waals surface area contributed by atoms with Crippen molar-refractivity contribution in [3.63, 3.8) is 0 Å². The fourth-order valence-corrected chi connectivity index (χ4v) is 2.33. The second-order valence-electron chi connectivity index (χ2n) is 5.04. The number of benzene rings is 2. The van der Waals surface area contributed by atoms with E-state index in [0.717, 1.165) is 18.0 Å². The summed E-state index contributed by atoms with van der Waals surface area (Å²) in [5, 5.41) is 3.49. The summed E-state index contributed by atoms with van der Waals surface area (Å²) < 4.78 is 11.6. The van der Waals surface area contributed by atoms with E-state index in [1.54, 1.807) is 0 Å². The molecule has 0 spiro atoms. The maximum atomic E-state index is 5.93. The Hall–Kier alpha value is -2.00. The van der Waals surface area contributed by atoms with Crippen molar-refractivity contribution in [2.24, 2.45) is 0 Å². The zero-order chi connectivity index (χ0) is 13.8. The van der Waals surface area contributed by atoms with Gasteiger partial charge in [-0.15, -0.1) is 0 Å². The molecule has 0 bridgehead atoms. The van der Waals surface area contributed by atoms with Gasteiger partial charge < -0.3 is 14.8 Å². The van der Waals surface area contributed by atoms with Crippen molar-refractivity contribution in [3.05, 3.63) is 60.2 Å². The molecule has 0 radical (unpaired) electrons. The van der Waals surface area contributed by atoms with Gasteiger partial charge in [-0.25, -0.2) is 0 Å². The molecule has 0 amide bonds. The van der Waals surface area contributed by atoms with Crippen molar-refractivity contribution in [2.75, 3.05) is 13.2 Å². The summed E-state index contributed by atoms with van der Waals surface area (Å²) in [6.07, 6.45) is 0.0519. The quantitative estimate of drug-likeness (QED) is 0.924. The van der Waals surface area contributed by atoms with Crippen molar-refractivity contribution in [3.8, 4) is 11.5 Å². The molecule has 2 aromatic carbocycles. The predicted molar refractivity (Wildman–Crippen MR) is 79.2 cm³/mol. The lowest BCUT2D eigenvalue weighted by Crippen LogP contribution is -2.39. The molecule has 0 saturated heterocycles. The molecule has 1 N–H and O–H groups in total. The Morgan fingerprint density at radius 3 is 2.55 bits per heavy atom. The number of ether oxygens (including phenoxy) is 2. The average molecular weight is 269 g/mol. The summed E-state index contributed by atoms with van der Waals surface area (Å²) in [4.78, 5) is 0. The van der Waals surface area contributed by atoms with Crippen LogP contribution in [0.25, 0.3) is 0 Å². The highest BCUT2D eigenvalue weighted by molar-refractivity contribution is 5.40. The number of nitrogens with one attached hydrogen (secondary N) is 1. The summed E-state index contributed by atoms with van der Waals surface area (Å²) >= 11 is 0. The fraction of sp³-hybridized carbons (Fsp3) is 0.294. The van der Waals surface area contributed by atoms with Gasteiger partial charge in [-0.05, 0) is 24.6 Å². The van der Waals surface area contributed by atoms with E-state index >= 15 is 0 Å². The lowest BCUT2D eigenvalue weighted by atomic mass is 10.1. The molecule has 1 aliphatic rings. The van der Waals surface area contributed by atoms with Gasteiger partial charge in [-0.1, -0.05) is 42.5 Å². The molecule has 0 aromatic heterocycles. The largest absolute Gasteiger partial charge is 0.486 e. The number of hydrogen-bond acceptors (Lipinski definition) is 3. The molecule has 1 heterocycles. The molecular weight excluding hydrogens is 250 g/mol. The van der Waals surface area contributed by atoms with Crippen LogP contribution in [0, 0.1) is 0 Å². The third kappa shape index (κ3) is 2.94. The zero-order valence-corrected chi connectivity index (χ0v) is 11.6. The zero-order valence-electron chi connectivity index (χ0n) is 11.6. The summed E-state index contributed by atoms with van der Waals surface area (Å²) in [7, 11) is 0. The molecule has 1 aliphatic heterocycles. The van der Waals surface area contributed by atoms with Crippen molar-refractivity contribution < 1.29 is 9.47 Å². The Bertz CT molecular complexity index is 556. The fourth-order valence-electron chi connectivity index (χ4n) is 2.33. The van der Waals surface area contributed by atoms with E-state index in [9.17, 15) is 0 Å². The molecule has 0 aliphatic carbocycles. The maximum absolute atomic E-state index is 5.93. The van der Waals surface area contributed by atoms with Crippen molar-refractivity contribution >= 4 is 0 Å². The molecule has 0 saturated carbocycles. The number of rotatable bonds is 4. The molecule has 20 heavy (non-hydrogen) atoms. The second kappa shape index (κ2) is 5.97. The molecule has 2 unspecified atom stereocenters. The standard InChI is InChI=1S/C17H19NO2/c1-13(14-7-3-2-4-8-14)18-11-15-12-19-16-9-5-6-10-17(16)20-15/h2-10,13,15,18H,11-12H2,1H3. The van der Waals surface area contributed by atoms with E-state index in [0.29, 0.717) is 12.6 Å². The van der Waals surface area contributed by atoms with Crippen LogP contribution in [0.15, 0.2) is 54.6 Å². The first-order valence-electron chi connectivity index (χ1n) is 7.00. The van der Waals surface area contributed by atoms with Crippen LogP contribution in [0.1, 0.15) is 18.5 Å². The van der Waals surface area contributed by atoms with E-state index in [-0.39, 0.29) is 6.10 Å². The highest BCUT2D eigenvalue weighted by Crippen LogP contribution is 2.30. The minimum atomic E-state index is 0.0519. The van der Waals surface area contributed by atoms with Gasteiger partial charge in [-0.3, -0.25) is 0 Å².